The third-order valence-electron chi connectivity index (χ3n) is 2.93. The molecule has 0 unspecified atom stereocenters. The van der Waals surface area contributed by atoms with Gasteiger partial charge in [0, 0.05) is 6.07 Å². The van der Waals surface area contributed by atoms with Crippen molar-refractivity contribution in [3.8, 4) is 17.2 Å². The third-order valence-corrected chi connectivity index (χ3v) is 2.93. The van der Waals surface area contributed by atoms with Crippen molar-refractivity contribution in [2.24, 2.45) is 0 Å². The molecule has 0 spiro atoms. The van der Waals surface area contributed by atoms with Gasteiger partial charge in [-0.05, 0) is 29.8 Å². The Hall–Kier alpha value is -3.28. The van der Waals surface area contributed by atoms with Crippen molar-refractivity contribution < 1.29 is 30.0 Å². The molecule has 0 aliphatic heterocycles. The lowest BCUT2D eigenvalue weighted by atomic mass is 10.0. The highest BCUT2D eigenvalue weighted by Crippen LogP contribution is 2.28. The molecule has 0 bridgehead atoms. The van der Waals surface area contributed by atoms with Crippen LogP contribution in [-0.2, 0) is 0 Å². The van der Waals surface area contributed by atoms with Crippen molar-refractivity contribution >= 4 is 17.8 Å². The standard InChI is InChI=1S/C16H12O6/c17-10-4-1-9(2-5-10)3-6-13(18)11-7-12(16(21)22)15(20)8-14(11)19/h1-8,17,19-20H,(H,21,22)/b6-3+. The molecule has 0 saturated carbocycles. The minimum absolute atomic E-state index is 0.0887. The number of carbonyl (C=O) groups is 2. The first-order valence-corrected chi connectivity index (χ1v) is 6.19. The molecule has 112 valence electrons. The summed E-state index contributed by atoms with van der Waals surface area (Å²) in [7, 11) is 0. The number of hydrogen-bond acceptors (Lipinski definition) is 5. The van der Waals surface area contributed by atoms with Crippen LogP contribution in [0.3, 0.4) is 0 Å². The summed E-state index contributed by atoms with van der Waals surface area (Å²) in [5, 5.41) is 37.1. The molecule has 0 radical (unpaired) electrons. The average Bonchev–Trinajstić information content (AvgIpc) is 2.46. The van der Waals surface area contributed by atoms with Crippen molar-refractivity contribution in [3.63, 3.8) is 0 Å². The van der Waals surface area contributed by atoms with Crippen molar-refractivity contribution in [1.29, 1.82) is 0 Å². The van der Waals surface area contributed by atoms with Crippen LogP contribution >= 0.6 is 0 Å². The number of hydrogen-bond donors (Lipinski definition) is 4. The molecule has 2 aromatic carbocycles. The third kappa shape index (κ3) is 3.24. The Labute approximate surface area is 125 Å². The van der Waals surface area contributed by atoms with E-state index in [0.717, 1.165) is 18.2 Å². The van der Waals surface area contributed by atoms with Crippen LogP contribution in [0, 0.1) is 0 Å². The van der Waals surface area contributed by atoms with Gasteiger partial charge in [-0.15, -0.1) is 0 Å². The van der Waals surface area contributed by atoms with Gasteiger partial charge in [-0.25, -0.2) is 4.79 Å². The fourth-order valence-electron chi connectivity index (χ4n) is 1.79. The fraction of sp³-hybridized carbons (Fsp3) is 0. The Morgan fingerprint density at radius 1 is 0.864 bits per heavy atom. The normalized spacial score (nSPS) is 10.7. The van der Waals surface area contributed by atoms with Crippen LogP contribution in [0.25, 0.3) is 6.08 Å². The van der Waals surface area contributed by atoms with E-state index in [0.29, 0.717) is 5.56 Å². The Bertz CT molecular complexity index is 759. The number of phenolic OH excluding ortho intramolecular Hbond substituents is 2. The number of carbonyl (C=O) groups excluding carboxylic acids is 1. The van der Waals surface area contributed by atoms with E-state index in [4.69, 9.17) is 10.2 Å². The molecule has 0 aliphatic carbocycles. The molecule has 0 heterocycles. The predicted molar refractivity (Wildman–Crippen MR) is 78.2 cm³/mol. The predicted octanol–water partition coefficient (Wildman–Crippen LogP) is 2.40. The van der Waals surface area contributed by atoms with E-state index in [2.05, 4.69) is 0 Å². The molecule has 0 aliphatic rings. The van der Waals surface area contributed by atoms with Gasteiger partial charge in [0.05, 0.1) is 5.56 Å². The molecular formula is C16H12O6. The molecule has 0 fully saturated rings. The van der Waals surface area contributed by atoms with Gasteiger partial charge >= 0.3 is 5.97 Å². The highest BCUT2D eigenvalue weighted by molar-refractivity contribution is 6.10. The van der Waals surface area contributed by atoms with Crippen LogP contribution in [0.15, 0.2) is 42.5 Å². The van der Waals surface area contributed by atoms with Gasteiger partial charge < -0.3 is 20.4 Å². The first-order valence-electron chi connectivity index (χ1n) is 6.19. The van der Waals surface area contributed by atoms with E-state index >= 15 is 0 Å². The Kier molecular flexibility index (Phi) is 4.13. The summed E-state index contributed by atoms with van der Waals surface area (Å²) in [6, 6.07) is 7.79. The molecule has 0 amide bonds. The van der Waals surface area contributed by atoms with Gasteiger partial charge in [-0.2, -0.15) is 0 Å². The number of phenols is 3. The van der Waals surface area contributed by atoms with Gasteiger partial charge in [0.2, 0.25) is 0 Å². The summed E-state index contributed by atoms with van der Waals surface area (Å²) < 4.78 is 0. The molecule has 6 heteroatoms. The number of aromatic carboxylic acids is 1. The zero-order valence-corrected chi connectivity index (χ0v) is 11.2. The molecule has 6 nitrogen and oxygen atoms in total. The van der Waals surface area contributed by atoms with Gasteiger partial charge in [-0.3, -0.25) is 4.79 Å². The number of carboxylic acid groups (broad SMARTS) is 1. The maximum atomic E-state index is 12.0. The SMILES string of the molecule is O=C(O)c1cc(C(=O)/C=C/c2ccc(O)cc2)c(O)cc1O. The molecule has 0 saturated heterocycles. The van der Waals surface area contributed by atoms with E-state index in [1.54, 1.807) is 12.1 Å². The van der Waals surface area contributed by atoms with Crippen molar-refractivity contribution in [1.82, 2.24) is 0 Å². The number of benzene rings is 2. The van der Waals surface area contributed by atoms with Crippen molar-refractivity contribution in [3.05, 3.63) is 59.2 Å². The molecule has 0 aromatic heterocycles. The second-order valence-corrected chi connectivity index (χ2v) is 4.48. The highest BCUT2D eigenvalue weighted by atomic mass is 16.4. The quantitative estimate of drug-likeness (QED) is 0.509. The van der Waals surface area contributed by atoms with Crippen molar-refractivity contribution in [2.75, 3.05) is 0 Å². The Balaban J connectivity index is 2.31. The molecule has 0 atom stereocenters. The molecular weight excluding hydrogens is 288 g/mol. The number of rotatable bonds is 4. The van der Waals surface area contributed by atoms with Gasteiger partial charge in [0.15, 0.2) is 5.78 Å². The van der Waals surface area contributed by atoms with Crippen LogP contribution in [0.1, 0.15) is 26.3 Å². The molecule has 22 heavy (non-hydrogen) atoms. The van der Waals surface area contributed by atoms with Gasteiger partial charge in [0.25, 0.3) is 0 Å². The maximum Gasteiger partial charge on any atom is 0.339 e. The smallest absolute Gasteiger partial charge is 0.339 e. The summed E-state index contributed by atoms with van der Waals surface area (Å²) in [5.74, 6) is -3.07. The second-order valence-electron chi connectivity index (χ2n) is 4.48. The number of aromatic hydroxyl groups is 3. The monoisotopic (exact) mass is 300 g/mol. The summed E-state index contributed by atoms with van der Waals surface area (Å²) in [6.45, 7) is 0. The molecule has 2 aromatic rings. The Morgan fingerprint density at radius 2 is 1.45 bits per heavy atom. The largest absolute Gasteiger partial charge is 0.508 e. The lowest BCUT2D eigenvalue weighted by Crippen LogP contribution is -2.02. The average molecular weight is 300 g/mol. The minimum Gasteiger partial charge on any atom is -0.508 e. The van der Waals surface area contributed by atoms with E-state index < -0.39 is 28.8 Å². The summed E-state index contributed by atoms with van der Waals surface area (Å²) >= 11 is 0. The van der Waals surface area contributed by atoms with Crippen molar-refractivity contribution in [2.45, 2.75) is 0 Å². The number of allylic oxidation sites excluding steroid dienone is 1. The lowest BCUT2D eigenvalue weighted by molar-refractivity contribution is 0.0693. The van der Waals surface area contributed by atoms with E-state index in [-0.39, 0.29) is 11.3 Å². The maximum absolute atomic E-state index is 12.0. The van der Waals surface area contributed by atoms with E-state index in [1.807, 2.05) is 0 Å². The van der Waals surface area contributed by atoms with Gasteiger partial charge in [0.1, 0.15) is 22.8 Å². The summed E-state index contributed by atoms with van der Waals surface area (Å²) in [5.41, 5.74) is -0.0627. The first kappa shape index (κ1) is 15.1. The topological polar surface area (TPSA) is 115 Å². The first-order chi connectivity index (χ1) is 10.4. The van der Waals surface area contributed by atoms with Crippen LogP contribution in [-0.4, -0.2) is 32.2 Å². The second kappa shape index (κ2) is 6.01. The van der Waals surface area contributed by atoms with Crippen LogP contribution in [0.4, 0.5) is 0 Å². The molecule has 2 rings (SSSR count). The van der Waals surface area contributed by atoms with Crippen LogP contribution in [0.5, 0.6) is 17.2 Å². The summed E-state index contributed by atoms with van der Waals surface area (Å²) in [4.78, 5) is 22.9. The minimum atomic E-state index is -1.41. The Morgan fingerprint density at radius 3 is 2.05 bits per heavy atom. The zero-order chi connectivity index (χ0) is 16.3. The lowest BCUT2D eigenvalue weighted by Gasteiger charge is -2.05. The van der Waals surface area contributed by atoms with E-state index in [9.17, 15) is 19.8 Å². The van der Waals surface area contributed by atoms with Gasteiger partial charge in [-0.1, -0.05) is 18.2 Å². The molecule has 4 N–H and O–H groups in total. The summed E-state index contributed by atoms with van der Waals surface area (Å²) in [6.07, 6.45) is 2.61. The zero-order valence-electron chi connectivity index (χ0n) is 11.2. The van der Waals surface area contributed by atoms with E-state index in [1.165, 1.54) is 18.2 Å². The van der Waals surface area contributed by atoms with Crippen LogP contribution < -0.4 is 0 Å². The fourth-order valence-corrected chi connectivity index (χ4v) is 1.79. The highest BCUT2D eigenvalue weighted by Gasteiger charge is 2.17. The number of ketones is 1. The number of carboxylic acids is 1. The van der Waals surface area contributed by atoms with Crippen LogP contribution in [0.2, 0.25) is 0 Å².